The van der Waals surface area contributed by atoms with Gasteiger partial charge in [0, 0.05) is 17.7 Å². The molecule has 0 aromatic heterocycles. The van der Waals surface area contributed by atoms with Gasteiger partial charge in [0.2, 0.25) is 5.91 Å². The number of allylic oxidation sites excluding steroid dienone is 2. The number of benzene rings is 1. The summed E-state index contributed by atoms with van der Waals surface area (Å²) in [6.45, 7) is 3.25. The normalized spacial score (nSPS) is 31.2. The Morgan fingerprint density at radius 3 is 2.73 bits per heavy atom. The highest BCUT2D eigenvalue weighted by atomic mass is 16.2. The lowest BCUT2D eigenvalue weighted by atomic mass is 9.63. The van der Waals surface area contributed by atoms with E-state index in [9.17, 15) is 4.79 Å². The van der Waals surface area contributed by atoms with Gasteiger partial charge in [-0.05, 0) is 56.1 Å². The van der Waals surface area contributed by atoms with Gasteiger partial charge in [0.15, 0.2) is 0 Å². The largest absolute Gasteiger partial charge is 0.315 e. The Bertz CT molecular complexity index is 618. The number of carbonyl (C=O) groups excluding carboxylic acids is 1. The number of hydrogen-bond acceptors (Lipinski definition) is 1. The number of hydrogen-bond donors (Lipinski definition) is 0. The van der Waals surface area contributed by atoms with E-state index in [1.54, 1.807) is 5.57 Å². The summed E-state index contributed by atoms with van der Waals surface area (Å²) in [6, 6.07) is 10.4. The van der Waals surface area contributed by atoms with Crippen molar-refractivity contribution in [3.05, 3.63) is 47.2 Å². The molecular formula is C20H25NO. The van der Waals surface area contributed by atoms with Crippen LogP contribution in [-0.2, 0) is 4.79 Å². The number of piperidine rings is 1. The van der Waals surface area contributed by atoms with Gasteiger partial charge in [0.1, 0.15) is 0 Å². The van der Waals surface area contributed by atoms with Crippen molar-refractivity contribution in [2.75, 3.05) is 6.54 Å². The second kappa shape index (κ2) is 5.26. The van der Waals surface area contributed by atoms with Crippen LogP contribution in [0.5, 0.6) is 0 Å². The van der Waals surface area contributed by atoms with Crippen LogP contribution in [0.4, 0.5) is 0 Å². The van der Waals surface area contributed by atoms with Crippen molar-refractivity contribution in [1.29, 1.82) is 0 Å². The number of amides is 1. The zero-order valence-electron chi connectivity index (χ0n) is 13.5. The molecule has 2 heterocycles. The summed E-state index contributed by atoms with van der Waals surface area (Å²) in [5.41, 5.74) is 4.53. The van der Waals surface area contributed by atoms with Crippen molar-refractivity contribution in [3.63, 3.8) is 0 Å². The van der Waals surface area contributed by atoms with Crippen molar-refractivity contribution in [2.24, 2.45) is 5.41 Å². The van der Waals surface area contributed by atoms with E-state index in [0.29, 0.717) is 11.3 Å². The maximum absolute atomic E-state index is 13.1. The topological polar surface area (TPSA) is 20.3 Å². The van der Waals surface area contributed by atoms with E-state index in [4.69, 9.17) is 0 Å². The smallest absolute Gasteiger partial charge is 0.234 e. The van der Waals surface area contributed by atoms with Crippen molar-refractivity contribution >= 4 is 5.91 Å². The summed E-state index contributed by atoms with van der Waals surface area (Å²) in [6.07, 6.45) is 8.37. The molecule has 3 aliphatic rings. The molecule has 22 heavy (non-hydrogen) atoms. The highest BCUT2D eigenvalue weighted by Gasteiger charge is 2.48. The zero-order chi connectivity index (χ0) is 15.2. The molecule has 4 rings (SSSR count). The quantitative estimate of drug-likeness (QED) is 0.779. The Morgan fingerprint density at radius 2 is 1.95 bits per heavy atom. The van der Waals surface area contributed by atoms with Crippen LogP contribution in [0.1, 0.15) is 63.4 Å². The van der Waals surface area contributed by atoms with Crippen LogP contribution in [0, 0.1) is 5.41 Å². The first-order valence-corrected chi connectivity index (χ1v) is 8.84. The van der Waals surface area contributed by atoms with E-state index in [1.807, 2.05) is 6.07 Å². The fraction of sp³-hybridized carbons (Fsp3) is 0.550. The fourth-order valence-corrected chi connectivity index (χ4v) is 5.07. The standard InChI is InChI=1S/C20H25NO/c1-2-20-11-6-10-16-14-17(15-8-4-3-5-9-15)19(22)21(18(16)20)13-7-12-20/h3-5,8-9,17H,2,6-7,10-14H2,1H3/t17-,20+/m0/s1. The Labute approximate surface area is 133 Å². The van der Waals surface area contributed by atoms with Crippen LogP contribution < -0.4 is 0 Å². The first-order chi connectivity index (χ1) is 10.7. The SMILES string of the molecule is CC[C@]12CCCC3=C1N(CCC2)C(=O)[C@H](c1ccccc1)C3. The summed E-state index contributed by atoms with van der Waals surface area (Å²) >= 11 is 0. The van der Waals surface area contributed by atoms with Gasteiger partial charge in [-0.3, -0.25) is 4.79 Å². The Kier molecular flexibility index (Phi) is 3.36. The lowest BCUT2D eigenvalue weighted by Gasteiger charge is -2.52. The number of nitrogens with zero attached hydrogens (tertiary/aromatic N) is 1. The average Bonchev–Trinajstić information content (AvgIpc) is 2.58. The molecule has 116 valence electrons. The summed E-state index contributed by atoms with van der Waals surface area (Å²) in [4.78, 5) is 15.3. The minimum absolute atomic E-state index is 0.0470. The van der Waals surface area contributed by atoms with Gasteiger partial charge in [-0.2, -0.15) is 0 Å². The highest BCUT2D eigenvalue weighted by molar-refractivity contribution is 5.87. The molecule has 0 N–H and O–H groups in total. The Morgan fingerprint density at radius 1 is 1.18 bits per heavy atom. The van der Waals surface area contributed by atoms with Crippen LogP contribution in [0.25, 0.3) is 0 Å². The van der Waals surface area contributed by atoms with Crippen molar-refractivity contribution < 1.29 is 4.79 Å². The molecular weight excluding hydrogens is 270 g/mol. The minimum Gasteiger partial charge on any atom is -0.315 e. The van der Waals surface area contributed by atoms with Gasteiger partial charge < -0.3 is 4.90 Å². The third-order valence-corrected chi connectivity index (χ3v) is 6.17. The van der Waals surface area contributed by atoms with E-state index in [-0.39, 0.29) is 5.92 Å². The zero-order valence-corrected chi connectivity index (χ0v) is 13.5. The summed E-state index contributed by atoms with van der Waals surface area (Å²) in [5, 5.41) is 0. The second-order valence-corrected chi connectivity index (χ2v) is 7.20. The van der Waals surface area contributed by atoms with Crippen LogP contribution in [0.3, 0.4) is 0 Å². The molecule has 1 fully saturated rings. The van der Waals surface area contributed by atoms with Gasteiger partial charge in [-0.15, -0.1) is 0 Å². The van der Waals surface area contributed by atoms with Crippen LogP contribution in [0.15, 0.2) is 41.6 Å². The van der Waals surface area contributed by atoms with Crippen molar-refractivity contribution in [2.45, 2.75) is 57.8 Å². The second-order valence-electron chi connectivity index (χ2n) is 7.20. The first-order valence-electron chi connectivity index (χ1n) is 8.84. The predicted octanol–water partition coefficient (Wildman–Crippen LogP) is 4.63. The maximum atomic E-state index is 13.1. The van der Waals surface area contributed by atoms with E-state index >= 15 is 0 Å². The monoisotopic (exact) mass is 295 g/mol. The Hall–Kier alpha value is -1.57. The maximum Gasteiger partial charge on any atom is 0.234 e. The lowest BCUT2D eigenvalue weighted by molar-refractivity contribution is -0.134. The lowest BCUT2D eigenvalue weighted by Crippen LogP contribution is -2.50. The van der Waals surface area contributed by atoms with E-state index < -0.39 is 0 Å². The third kappa shape index (κ3) is 1.96. The van der Waals surface area contributed by atoms with Gasteiger partial charge in [-0.25, -0.2) is 0 Å². The minimum atomic E-state index is 0.0470. The predicted molar refractivity (Wildman–Crippen MR) is 88.3 cm³/mol. The molecule has 1 saturated heterocycles. The average molecular weight is 295 g/mol. The number of carbonyl (C=O) groups is 1. The molecule has 2 atom stereocenters. The van der Waals surface area contributed by atoms with Crippen LogP contribution in [0.2, 0.25) is 0 Å². The Balaban J connectivity index is 1.79. The first kappa shape index (κ1) is 14.0. The molecule has 0 radical (unpaired) electrons. The van der Waals surface area contributed by atoms with Crippen LogP contribution >= 0.6 is 0 Å². The molecule has 1 amide bonds. The van der Waals surface area contributed by atoms with Gasteiger partial charge in [0.05, 0.1) is 5.92 Å². The molecule has 2 aliphatic heterocycles. The number of rotatable bonds is 2. The molecule has 2 nitrogen and oxygen atoms in total. The molecule has 2 heteroatoms. The van der Waals surface area contributed by atoms with Crippen molar-refractivity contribution in [1.82, 2.24) is 4.90 Å². The summed E-state index contributed by atoms with van der Waals surface area (Å²) in [7, 11) is 0. The molecule has 0 saturated carbocycles. The van der Waals surface area contributed by atoms with Crippen LogP contribution in [-0.4, -0.2) is 17.4 Å². The third-order valence-electron chi connectivity index (χ3n) is 6.17. The molecule has 1 aliphatic carbocycles. The summed E-state index contributed by atoms with van der Waals surface area (Å²) in [5.74, 6) is 0.398. The molecule has 1 aromatic rings. The van der Waals surface area contributed by atoms with E-state index in [2.05, 4.69) is 36.1 Å². The van der Waals surface area contributed by atoms with Gasteiger partial charge in [0.25, 0.3) is 0 Å². The highest BCUT2D eigenvalue weighted by Crippen LogP contribution is 2.54. The fourth-order valence-electron chi connectivity index (χ4n) is 5.07. The summed E-state index contributed by atoms with van der Waals surface area (Å²) < 4.78 is 0. The molecule has 1 aromatic carbocycles. The van der Waals surface area contributed by atoms with Gasteiger partial charge in [-0.1, -0.05) is 37.3 Å². The van der Waals surface area contributed by atoms with Crippen molar-refractivity contribution in [3.8, 4) is 0 Å². The van der Waals surface area contributed by atoms with E-state index in [1.165, 1.54) is 43.4 Å². The van der Waals surface area contributed by atoms with E-state index in [0.717, 1.165) is 19.4 Å². The van der Waals surface area contributed by atoms with Gasteiger partial charge >= 0.3 is 0 Å². The molecule has 0 spiro atoms. The molecule has 0 unspecified atom stereocenters. The molecule has 0 bridgehead atoms.